The van der Waals surface area contributed by atoms with Gasteiger partial charge in [-0.25, -0.2) is 4.98 Å². The molecule has 3 rings (SSSR count). The number of fused-ring (bicyclic) bond motifs is 1. The number of halogens is 2. The zero-order chi connectivity index (χ0) is 15.7. The highest BCUT2D eigenvalue weighted by molar-refractivity contribution is 7.22. The van der Waals surface area contributed by atoms with Crippen molar-refractivity contribution < 1.29 is 9.53 Å². The van der Waals surface area contributed by atoms with Crippen LogP contribution in [0.25, 0.3) is 10.2 Å². The Morgan fingerprint density at radius 2 is 2.09 bits per heavy atom. The molecule has 0 spiro atoms. The molecule has 0 fully saturated rings. The Labute approximate surface area is 140 Å². The molecule has 0 atom stereocenters. The number of nitrogens with zero attached hydrogens (tertiary/aromatic N) is 1. The molecule has 0 saturated carbocycles. The summed E-state index contributed by atoms with van der Waals surface area (Å²) in [5.74, 6) is 0.332. The van der Waals surface area contributed by atoms with E-state index in [9.17, 15) is 4.79 Å². The second-order valence-corrected chi connectivity index (χ2v) is 6.28. The third-order valence-corrected chi connectivity index (χ3v) is 4.48. The SMILES string of the molecule is COc1cccc2sc(NC(=O)c3ccc(Cl)cc3Cl)nc12. The predicted octanol–water partition coefficient (Wildman–Crippen LogP) is 4.86. The summed E-state index contributed by atoms with van der Waals surface area (Å²) in [6.45, 7) is 0. The van der Waals surface area contributed by atoms with Gasteiger partial charge in [-0.05, 0) is 30.3 Å². The number of amides is 1. The molecule has 22 heavy (non-hydrogen) atoms. The fourth-order valence-corrected chi connectivity index (χ4v) is 3.35. The first-order valence-corrected chi connectivity index (χ1v) is 7.85. The molecule has 2 aromatic carbocycles. The number of hydrogen-bond donors (Lipinski definition) is 1. The Balaban J connectivity index is 1.91. The van der Waals surface area contributed by atoms with E-state index in [4.69, 9.17) is 27.9 Å². The number of methoxy groups -OCH3 is 1. The largest absolute Gasteiger partial charge is 0.494 e. The van der Waals surface area contributed by atoms with Gasteiger partial charge < -0.3 is 4.74 Å². The molecule has 0 saturated heterocycles. The maximum atomic E-state index is 12.3. The molecular weight excluding hydrogens is 343 g/mol. The van der Waals surface area contributed by atoms with Crippen molar-refractivity contribution in [3.63, 3.8) is 0 Å². The topological polar surface area (TPSA) is 51.2 Å². The summed E-state index contributed by atoms with van der Waals surface area (Å²) in [5, 5.41) is 4.00. The van der Waals surface area contributed by atoms with Crippen LogP contribution in [0.15, 0.2) is 36.4 Å². The number of rotatable bonds is 3. The Bertz CT molecular complexity index is 864. The number of anilines is 1. The van der Waals surface area contributed by atoms with Crippen LogP contribution in [0.4, 0.5) is 5.13 Å². The average molecular weight is 353 g/mol. The number of nitrogens with one attached hydrogen (secondary N) is 1. The molecule has 0 aliphatic heterocycles. The third-order valence-electron chi connectivity index (χ3n) is 3.00. The van der Waals surface area contributed by atoms with E-state index >= 15 is 0 Å². The number of para-hydroxylation sites is 1. The van der Waals surface area contributed by atoms with Crippen LogP contribution in [-0.2, 0) is 0 Å². The van der Waals surface area contributed by atoms with Gasteiger partial charge in [0.25, 0.3) is 5.91 Å². The molecule has 112 valence electrons. The molecule has 0 radical (unpaired) electrons. The summed E-state index contributed by atoms with van der Waals surface area (Å²) in [6.07, 6.45) is 0. The molecule has 4 nitrogen and oxygen atoms in total. The maximum Gasteiger partial charge on any atom is 0.258 e. The lowest BCUT2D eigenvalue weighted by Crippen LogP contribution is -2.12. The minimum Gasteiger partial charge on any atom is -0.494 e. The van der Waals surface area contributed by atoms with E-state index in [1.807, 2.05) is 18.2 Å². The van der Waals surface area contributed by atoms with Gasteiger partial charge in [0, 0.05) is 5.02 Å². The highest BCUT2D eigenvalue weighted by atomic mass is 35.5. The predicted molar refractivity (Wildman–Crippen MR) is 90.6 cm³/mol. The van der Waals surface area contributed by atoms with Gasteiger partial charge in [-0.1, -0.05) is 40.6 Å². The number of aromatic nitrogens is 1. The quantitative estimate of drug-likeness (QED) is 0.731. The van der Waals surface area contributed by atoms with Crippen molar-refractivity contribution in [2.75, 3.05) is 12.4 Å². The van der Waals surface area contributed by atoms with E-state index in [1.165, 1.54) is 17.4 Å². The van der Waals surface area contributed by atoms with Gasteiger partial charge >= 0.3 is 0 Å². The summed E-state index contributed by atoms with van der Waals surface area (Å²) in [4.78, 5) is 16.7. The number of ether oxygens (including phenoxy) is 1. The maximum absolute atomic E-state index is 12.3. The Hall–Kier alpha value is -1.82. The van der Waals surface area contributed by atoms with E-state index < -0.39 is 0 Å². The number of benzene rings is 2. The van der Waals surface area contributed by atoms with Gasteiger partial charge in [0.1, 0.15) is 11.3 Å². The summed E-state index contributed by atoms with van der Waals surface area (Å²) < 4.78 is 6.19. The lowest BCUT2D eigenvalue weighted by Gasteiger charge is -2.04. The molecule has 3 aromatic rings. The minimum atomic E-state index is -0.334. The molecular formula is C15H10Cl2N2O2S. The van der Waals surface area contributed by atoms with Crippen molar-refractivity contribution in [1.29, 1.82) is 0 Å². The van der Waals surface area contributed by atoms with E-state index in [0.717, 1.165) is 4.70 Å². The standard InChI is InChI=1S/C15H10Cl2N2O2S/c1-21-11-3-2-4-12-13(11)18-15(22-12)19-14(20)9-6-5-8(16)7-10(9)17/h2-7H,1H3,(H,18,19,20). The molecule has 0 bridgehead atoms. The number of thiazole rings is 1. The number of carbonyl (C=O) groups is 1. The Morgan fingerprint density at radius 1 is 1.27 bits per heavy atom. The second-order valence-electron chi connectivity index (χ2n) is 4.40. The lowest BCUT2D eigenvalue weighted by molar-refractivity contribution is 0.102. The summed E-state index contributed by atoms with van der Waals surface area (Å²) >= 11 is 13.2. The molecule has 1 N–H and O–H groups in total. The van der Waals surface area contributed by atoms with Gasteiger partial charge in [0.05, 0.1) is 22.4 Å². The van der Waals surface area contributed by atoms with Gasteiger partial charge in [-0.3, -0.25) is 10.1 Å². The Kier molecular flexibility index (Phi) is 4.20. The lowest BCUT2D eigenvalue weighted by atomic mass is 10.2. The van der Waals surface area contributed by atoms with Crippen molar-refractivity contribution in [2.24, 2.45) is 0 Å². The zero-order valence-electron chi connectivity index (χ0n) is 11.4. The van der Waals surface area contributed by atoms with Gasteiger partial charge in [-0.15, -0.1) is 0 Å². The third kappa shape index (κ3) is 2.88. The van der Waals surface area contributed by atoms with Crippen LogP contribution in [0, 0.1) is 0 Å². The van der Waals surface area contributed by atoms with E-state index in [1.54, 1.807) is 19.2 Å². The highest BCUT2D eigenvalue weighted by Gasteiger charge is 2.14. The van der Waals surface area contributed by atoms with Crippen molar-refractivity contribution in [2.45, 2.75) is 0 Å². The summed E-state index contributed by atoms with van der Waals surface area (Å²) in [6, 6.07) is 10.3. The number of hydrogen-bond acceptors (Lipinski definition) is 4. The molecule has 1 aromatic heterocycles. The summed E-state index contributed by atoms with van der Waals surface area (Å²) in [7, 11) is 1.58. The molecule has 0 aliphatic carbocycles. The van der Waals surface area contributed by atoms with E-state index in [0.29, 0.717) is 32.0 Å². The normalized spacial score (nSPS) is 10.7. The van der Waals surface area contributed by atoms with Crippen molar-refractivity contribution >= 4 is 55.8 Å². The van der Waals surface area contributed by atoms with Crippen LogP contribution < -0.4 is 10.1 Å². The van der Waals surface area contributed by atoms with Gasteiger partial charge in [0.2, 0.25) is 0 Å². The van der Waals surface area contributed by atoms with Crippen molar-refractivity contribution in [3.8, 4) is 5.75 Å². The first kappa shape index (κ1) is 15.1. The molecule has 1 amide bonds. The van der Waals surface area contributed by atoms with Crippen LogP contribution in [0.1, 0.15) is 10.4 Å². The smallest absolute Gasteiger partial charge is 0.258 e. The Morgan fingerprint density at radius 3 is 2.82 bits per heavy atom. The van der Waals surface area contributed by atoms with Crippen LogP contribution in [-0.4, -0.2) is 18.0 Å². The van der Waals surface area contributed by atoms with Crippen LogP contribution in [0.3, 0.4) is 0 Å². The monoisotopic (exact) mass is 352 g/mol. The molecule has 0 unspecified atom stereocenters. The first-order chi connectivity index (χ1) is 10.6. The average Bonchev–Trinajstić information content (AvgIpc) is 2.89. The van der Waals surface area contributed by atoms with Gasteiger partial charge in [0.15, 0.2) is 5.13 Å². The molecule has 1 heterocycles. The van der Waals surface area contributed by atoms with Crippen LogP contribution in [0.5, 0.6) is 5.75 Å². The second kappa shape index (κ2) is 6.12. The highest BCUT2D eigenvalue weighted by Crippen LogP contribution is 2.32. The molecule has 7 heteroatoms. The fourth-order valence-electron chi connectivity index (χ4n) is 1.98. The van der Waals surface area contributed by atoms with Gasteiger partial charge in [-0.2, -0.15) is 0 Å². The van der Waals surface area contributed by atoms with Crippen LogP contribution in [0.2, 0.25) is 10.0 Å². The van der Waals surface area contributed by atoms with E-state index in [-0.39, 0.29) is 5.91 Å². The summed E-state index contributed by atoms with van der Waals surface area (Å²) in [5.41, 5.74) is 1.06. The number of carbonyl (C=O) groups excluding carboxylic acids is 1. The first-order valence-electron chi connectivity index (χ1n) is 6.28. The fraction of sp³-hybridized carbons (Fsp3) is 0.0667. The van der Waals surface area contributed by atoms with Crippen molar-refractivity contribution in [3.05, 3.63) is 52.0 Å². The zero-order valence-corrected chi connectivity index (χ0v) is 13.7. The van der Waals surface area contributed by atoms with Crippen molar-refractivity contribution in [1.82, 2.24) is 4.98 Å². The minimum absolute atomic E-state index is 0.295. The van der Waals surface area contributed by atoms with Crippen LogP contribution >= 0.6 is 34.5 Å². The van der Waals surface area contributed by atoms with E-state index in [2.05, 4.69) is 10.3 Å². The molecule has 0 aliphatic rings.